The number of benzene rings is 3. The molecular weight excluding hydrogens is 424 g/mol. The first-order valence-electron chi connectivity index (χ1n) is 11.5. The molecule has 0 saturated heterocycles. The van der Waals surface area contributed by atoms with Crippen LogP contribution < -0.4 is 10.1 Å². The highest BCUT2D eigenvalue weighted by molar-refractivity contribution is 6.02. The molecule has 0 spiro atoms. The van der Waals surface area contributed by atoms with Crippen LogP contribution in [0.4, 0.5) is 5.69 Å². The van der Waals surface area contributed by atoms with Crippen LogP contribution in [-0.4, -0.2) is 17.4 Å². The lowest BCUT2D eigenvalue weighted by Gasteiger charge is -2.22. The normalized spacial score (nSPS) is 10.9. The number of aryl methyl sites for hydroxylation is 1. The molecule has 34 heavy (non-hydrogen) atoms. The Labute approximate surface area is 201 Å². The van der Waals surface area contributed by atoms with Crippen LogP contribution in [0.1, 0.15) is 39.9 Å². The van der Waals surface area contributed by atoms with Gasteiger partial charge in [-0.05, 0) is 61.4 Å². The molecule has 0 saturated carbocycles. The Kier molecular flexibility index (Phi) is 7.79. The Bertz CT molecular complexity index is 1180. The van der Waals surface area contributed by atoms with E-state index in [2.05, 4.69) is 34.5 Å². The van der Waals surface area contributed by atoms with Crippen LogP contribution in [-0.2, 0) is 19.6 Å². The molecule has 0 aliphatic heterocycles. The van der Waals surface area contributed by atoms with Gasteiger partial charge in [-0.15, -0.1) is 0 Å². The second-order valence-corrected chi connectivity index (χ2v) is 8.29. The van der Waals surface area contributed by atoms with Crippen LogP contribution in [0.2, 0.25) is 0 Å². The van der Waals surface area contributed by atoms with Gasteiger partial charge in [0.2, 0.25) is 0 Å². The predicted molar refractivity (Wildman–Crippen MR) is 135 cm³/mol. The fourth-order valence-corrected chi connectivity index (χ4v) is 3.76. The minimum absolute atomic E-state index is 0.253. The number of rotatable bonds is 10. The number of furan rings is 1. The van der Waals surface area contributed by atoms with Crippen molar-refractivity contribution in [1.29, 1.82) is 0 Å². The Morgan fingerprint density at radius 3 is 2.18 bits per heavy atom. The van der Waals surface area contributed by atoms with E-state index in [1.165, 1.54) is 11.1 Å². The van der Waals surface area contributed by atoms with Crippen molar-refractivity contribution in [2.24, 2.45) is 0 Å². The fourth-order valence-electron chi connectivity index (χ4n) is 3.76. The summed E-state index contributed by atoms with van der Waals surface area (Å²) in [5, 5.41) is 2.89. The summed E-state index contributed by atoms with van der Waals surface area (Å²) >= 11 is 0. The first-order chi connectivity index (χ1) is 16.6. The van der Waals surface area contributed by atoms with E-state index in [0.29, 0.717) is 18.9 Å². The third kappa shape index (κ3) is 6.59. The van der Waals surface area contributed by atoms with Crippen molar-refractivity contribution < 1.29 is 13.9 Å². The maximum atomic E-state index is 12.6. The van der Waals surface area contributed by atoms with Crippen molar-refractivity contribution in [3.05, 3.63) is 119 Å². The molecule has 0 unspecified atom stereocenters. The molecule has 0 bridgehead atoms. The molecule has 1 heterocycles. The minimum atomic E-state index is -0.253. The molecule has 3 aromatic carbocycles. The summed E-state index contributed by atoms with van der Waals surface area (Å²) in [6, 6.07) is 29.8. The highest BCUT2D eigenvalue weighted by Gasteiger charge is 2.15. The molecule has 0 fully saturated rings. The number of carbonyl (C=O) groups excluding carboxylic acids is 1. The van der Waals surface area contributed by atoms with Gasteiger partial charge in [0.05, 0.1) is 13.2 Å². The second-order valence-electron chi connectivity index (χ2n) is 8.29. The van der Waals surface area contributed by atoms with E-state index in [4.69, 9.17) is 9.15 Å². The van der Waals surface area contributed by atoms with Crippen LogP contribution in [0.25, 0.3) is 0 Å². The van der Waals surface area contributed by atoms with Crippen molar-refractivity contribution in [3.63, 3.8) is 0 Å². The van der Waals surface area contributed by atoms with Crippen LogP contribution in [0.3, 0.4) is 0 Å². The highest BCUT2D eigenvalue weighted by atomic mass is 16.5. The number of nitrogens with zero attached hydrogens (tertiary/aromatic N) is 1. The van der Waals surface area contributed by atoms with Crippen molar-refractivity contribution in [2.45, 2.75) is 33.5 Å². The molecule has 4 rings (SSSR count). The molecule has 0 radical (unpaired) electrons. The molecule has 1 aromatic heterocycles. The third-order valence-electron chi connectivity index (χ3n) is 5.46. The summed E-state index contributed by atoms with van der Waals surface area (Å²) in [6.07, 6.45) is 0. The van der Waals surface area contributed by atoms with Crippen molar-refractivity contribution in [3.8, 4) is 5.75 Å². The van der Waals surface area contributed by atoms with E-state index in [1.54, 1.807) is 6.07 Å². The Balaban J connectivity index is 1.45. The first kappa shape index (κ1) is 23.3. The summed E-state index contributed by atoms with van der Waals surface area (Å²) in [4.78, 5) is 14.9. The van der Waals surface area contributed by atoms with Gasteiger partial charge in [-0.1, -0.05) is 60.2 Å². The average molecular weight is 455 g/mol. The molecular formula is C29H30N2O3. The maximum Gasteiger partial charge on any atom is 0.291 e. The maximum absolute atomic E-state index is 12.6. The van der Waals surface area contributed by atoms with Crippen LogP contribution in [0, 0.1) is 6.92 Å². The van der Waals surface area contributed by atoms with Crippen LogP contribution in [0.15, 0.2) is 95.4 Å². The van der Waals surface area contributed by atoms with Crippen LogP contribution >= 0.6 is 0 Å². The zero-order chi connectivity index (χ0) is 23.8. The van der Waals surface area contributed by atoms with Gasteiger partial charge in [-0.2, -0.15) is 0 Å². The van der Waals surface area contributed by atoms with Gasteiger partial charge < -0.3 is 14.5 Å². The summed E-state index contributed by atoms with van der Waals surface area (Å²) in [5.41, 5.74) is 4.29. The second kappa shape index (κ2) is 11.3. The summed E-state index contributed by atoms with van der Waals surface area (Å²) in [5.74, 6) is 1.67. The number of nitrogens with one attached hydrogen (secondary N) is 1. The molecule has 1 N–H and O–H groups in total. The van der Waals surface area contributed by atoms with Crippen molar-refractivity contribution in [1.82, 2.24) is 4.90 Å². The van der Waals surface area contributed by atoms with Gasteiger partial charge in [-0.3, -0.25) is 9.69 Å². The number of ether oxygens (including phenoxy) is 1. The van der Waals surface area contributed by atoms with E-state index in [1.807, 2.05) is 74.5 Å². The molecule has 5 heteroatoms. The zero-order valence-corrected chi connectivity index (χ0v) is 19.7. The number of hydrogen-bond acceptors (Lipinski definition) is 4. The number of hydrogen-bond donors (Lipinski definition) is 1. The van der Waals surface area contributed by atoms with Gasteiger partial charge in [0.15, 0.2) is 5.76 Å². The standard InChI is InChI=1S/C29H30N2O3/c1-3-33-26-15-11-24(12-16-26)20-31(19-23-7-5-4-6-8-23)21-27-17-18-28(34-27)29(32)30-25-13-9-22(2)10-14-25/h4-18H,3,19-21H2,1-2H3,(H,30,32). The van der Waals surface area contributed by atoms with Gasteiger partial charge in [0.1, 0.15) is 11.5 Å². The lowest BCUT2D eigenvalue weighted by Crippen LogP contribution is -2.22. The topological polar surface area (TPSA) is 54.7 Å². The van der Waals surface area contributed by atoms with Gasteiger partial charge >= 0.3 is 0 Å². The number of amides is 1. The summed E-state index contributed by atoms with van der Waals surface area (Å²) in [6.45, 7) is 6.73. The molecule has 174 valence electrons. The number of carbonyl (C=O) groups is 1. The lowest BCUT2D eigenvalue weighted by atomic mass is 10.1. The monoisotopic (exact) mass is 454 g/mol. The lowest BCUT2D eigenvalue weighted by molar-refractivity contribution is 0.0992. The van der Waals surface area contributed by atoms with E-state index >= 15 is 0 Å². The zero-order valence-electron chi connectivity index (χ0n) is 19.7. The third-order valence-corrected chi connectivity index (χ3v) is 5.46. The van der Waals surface area contributed by atoms with Crippen LogP contribution in [0.5, 0.6) is 5.75 Å². The summed E-state index contributed by atoms with van der Waals surface area (Å²) < 4.78 is 11.5. The molecule has 5 nitrogen and oxygen atoms in total. The van der Waals surface area contributed by atoms with Gasteiger partial charge in [0, 0.05) is 18.8 Å². The Hall–Kier alpha value is -3.83. The summed E-state index contributed by atoms with van der Waals surface area (Å²) in [7, 11) is 0. The van der Waals surface area contributed by atoms with Gasteiger partial charge in [0.25, 0.3) is 5.91 Å². The van der Waals surface area contributed by atoms with E-state index < -0.39 is 0 Å². The largest absolute Gasteiger partial charge is 0.494 e. The van der Waals surface area contributed by atoms with Crippen molar-refractivity contribution in [2.75, 3.05) is 11.9 Å². The number of anilines is 1. The highest BCUT2D eigenvalue weighted by Crippen LogP contribution is 2.19. The Morgan fingerprint density at radius 2 is 1.50 bits per heavy atom. The Morgan fingerprint density at radius 1 is 0.824 bits per heavy atom. The SMILES string of the molecule is CCOc1ccc(CN(Cc2ccccc2)Cc2ccc(C(=O)Nc3ccc(C)cc3)o2)cc1. The molecule has 0 atom stereocenters. The van der Waals surface area contributed by atoms with Crippen molar-refractivity contribution >= 4 is 11.6 Å². The fraction of sp³-hybridized carbons (Fsp3) is 0.207. The average Bonchev–Trinajstić information content (AvgIpc) is 3.31. The minimum Gasteiger partial charge on any atom is -0.494 e. The van der Waals surface area contributed by atoms with Gasteiger partial charge in [-0.25, -0.2) is 0 Å². The molecule has 1 amide bonds. The predicted octanol–water partition coefficient (Wildman–Crippen LogP) is 6.44. The van der Waals surface area contributed by atoms with E-state index in [-0.39, 0.29) is 5.91 Å². The smallest absolute Gasteiger partial charge is 0.291 e. The van der Waals surface area contributed by atoms with E-state index in [0.717, 1.165) is 35.9 Å². The molecule has 0 aliphatic carbocycles. The molecule has 4 aromatic rings. The van der Waals surface area contributed by atoms with E-state index in [9.17, 15) is 4.79 Å². The quantitative estimate of drug-likeness (QED) is 0.300. The first-order valence-corrected chi connectivity index (χ1v) is 11.5. The molecule has 0 aliphatic rings.